The Morgan fingerprint density at radius 2 is 2.16 bits per heavy atom. The number of aliphatic carboxylic acids is 1. The first-order valence-electron chi connectivity index (χ1n) is 5.75. The first-order chi connectivity index (χ1) is 9.02. The van der Waals surface area contributed by atoms with Gasteiger partial charge in [0, 0.05) is 18.5 Å². The number of benzene rings is 1. The van der Waals surface area contributed by atoms with Gasteiger partial charge in [-0.25, -0.2) is 4.79 Å². The number of aliphatic hydroxyl groups excluding tert-OH is 1. The molecule has 2 N–H and O–H groups in total. The van der Waals surface area contributed by atoms with Crippen LogP contribution in [-0.4, -0.2) is 45.7 Å². The topological polar surface area (TPSA) is 102 Å². The molecule has 1 aromatic rings. The van der Waals surface area contributed by atoms with Gasteiger partial charge in [-0.15, -0.1) is 0 Å². The fourth-order valence-electron chi connectivity index (χ4n) is 2.16. The predicted octanol–water partition coefficient (Wildman–Crippen LogP) is 0.218. The molecule has 6 heteroatoms. The standard InChI is InChI=1S/C13H12N2O4/c14-6-8-2-1-3-9(4-8)12(17)15-7-10(16)5-11(15)13(18)19/h1-4,10-11,16H,5,7H2,(H,18,19)/t10-,11-/m0/s1. The van der Waals surface area contributed by atoms with Gasteiger partial charge in [-0.1, -0.05) is 6.07 Å². The van der Waals surface area contributed by atoms with Crippen molar-refractivity contribution in [1.82, 2.24) is 4.90 Å². The minimum atomic E-state index is -1.14. The second-order valence-corrected chi connectivity index (χ2v) is 4.39. The number of carboxylic acid groups (broad SMARTS) is 1. The van der Waals surface area contributed by atoms with Crippen molar-refractivity contribution < 1.29 is 19.8 Å². The minimum Gasteiger partial charge on any atom is -0.480 e. The highest BCUT2D eigenvalue weighted by atomic mass is 16.4. The lowest BCUT2D eigenvalue weighted by atomic mass is 10.1. The van der Waals surface area contributed by atoms with E-state index in [1.54, 1.807) is 12.1 Å². The molecule has 19 heavy (non-hydrogen) atoms. The van der Waals surface area contributed by atoms with Crippen LogP contribution in [0.1, 0.15) is 22.3 Å². The van der Waals surface area contributed by atoms with Crippen LogP contribution in [0.3, 0.4) is 0 Å². The summed E-state index contributed by atoms with van der Waals surface area (Å²) in [5.74, 6) is -1.62. The van der Waals surface area contributed by atoms with Crippen LogP contribution in [0.15, 0.2) is 24.3 Å². The van der Waals surface area contributed by atoms with Gasteiger partial charge in [-0.3, -0.25) is 4.79 Å². The van der Waals surface area contributed by atoms with E-state index in [0.717, 1.165) is 4.90 Å². The van der Waals surface area contributed by atoms with E-state index in [2.05, 4.69) is 0 Å². The van der Waals surface area contributed by atoms with E-state index in [-0.39, 0.29) is 18.5 Å². The number of nitriles is 1. The Bertz CT molecular complexity index is 564. The van der Waals surface area contributed by atoms with Crippen LogP contribution in [0, 0.1) is 11.3 Å². The molecule has 0 saturated carbocycles. The monoisotopic (exact) mass is 260 g/mol. The molecule has 6 nitrogen and oxygen atoms in total. The Kier molecular flexibility index (Phi) is 3.49. The van der Waals surface area contributed by atoms with E-state index < -0.39 is 24.0 Å². The maximum atomic E-state index is 12.2. The van der Waals surface area contributed by atoms with Gasteiger partial charge in [0.15, 0.2) is 0 Å². The summed E-state index contributed by atoms with van der Waals surface area (Å²) >= 11 is 0. The second-order valence-electron chi connectivity index (χ2n) is 4.39. The predicted molar refractivity (Wildman–Crippen MR) is 64.2 cm³/mol. The summed E-state index contributed by atoms with van der Waals surface area (Å²) in [5, 5.41) is 27.3. The van der Waals surface area contributed by atoms with E-state index in [0.29, 0.717) is 5.56 Å². The lowest BCUT2D eigenvalue weighted by Crippen LogP contribution is -2.40. The van der Waals surface area contributed by atoms with Gasteiger partial charge in [0.05, 0.1) is 17.7 Å². The normalized spacial score (nSPS) is 22.0. The molecule has 98 valence electrons. The number of β-amino-alcohol motifs (C(OH)–C–C–N with tert-alkyl or cyclic N) is 1. The summed E-state index contributed by atoms with van der Waals surface area (Å²) < 4.78 is 0. The van der Waals surface area contributed by atoms with Crippen LogP contribution in [-0.2, 0) is 4.79 Å². The molecule has 1 aliphatic heterocycles. The Balaban J connectivity index is 2.28. The lowest BCUT2D eigenvalue weighted by molar-refractivity contribution is -0.141. The molecule has 1 amide bonds. The van der Waals surface area contributed by atoms with Crippen molar-refractivity contribution in [3.63, 3.8) is 0 Å². The fourth-order valence-corrected chi connectivity index (χ4v) is 2.16. The molecule has 1 saturated heterocycles. The third-order valence-corrected chi connectivity index (χ3v) is 3.06. The molecule has 1 aromatic carbocycles. The first kappa shape index (κ1) is 13.1. The lowest BCUT2D eigenvalue weighted by Gasteiger charge is -2.21. The van der Waals surface area contributed by atoms with Crippen molar-refractivity contribution in [2.45, 2.75) is 18.6 Å². The van der Waals surface area contributed by atoms with Crippen LogP contribution in [0.4, 0.5) is 0 Å². The number of hydrogen-bond donors (Lipinski definition) is 2. The molecule has 1 heterocycles. The Morgan fingerprint density at radius 1 is 1.42 bits per heavy atom. The van der Waals surface area contributed by atoms with E-state index >= 15 is 0 Å². The van der Waals surface area contributed by atoms with Crippen molar-refractivity contribution in [1.29, 1.82) is 5.26 Å². The van der Waals surface area contributed by atoms with Gasteiger partial charge in [-0.05, 0) is 18.2 Å². The van der Waals surface area contributed by atoms with E-state index in [1.807, 2.05) is 6.07 Å². The molecule has 0 aromatic heterocycles. The number of rotatable bonds is 2. The number of nitrogens with zero attached hydrogens (tertiary/aromatic N) is 2. The average molecular weight is 260 g/mol. The first-order valence-corrected chi connectivity index (χ1v) is 5.75. The van der Waals surface area contributed by atoms with Gasteiger partial charge in [0.2, 0.25) is 0 Å². The van der Waals surface area contributed by atoms with Crippen LogP contribution in [0.2, 0.25) is 0 Å². The molecular weight excluding hydrogens is 248 g/mol. The third kappa shape index (κ3) is 2.56. The summed E-state index contributed by atoms with van der Waals surface area (Å²) in [7, 11) is 0. The zero-order chi connectivity index (χ0) is 14.0. The molecule has 0 radical (unpaired) electrons. The SMILES string of the molecule is N#Cc1cccc(C(=O)N2C[C@@H](O)C[C@H]2C(=O)O)c1. The summed E-state index contributed by atoms with van der Waals surface area (Å²) in [6.07, 6.45) is -0.803. The van der Waals surface area contributed by atoms with Crippen molar-refractivity contribution in [3.05, 3.63) is 35.4 Å². The van der Waals surface area contributed by atoms with Gasteiger partial charge >= 0.3 is 5.97 Å². The zero-order valence-corrected chi connectivity index (χ0v) is 9.98. The smallest absolute Gasteiger partial charge is 0.326 e. The number of hydrogen-bond acceptors (Lipinski definition) is 4. The van der Waals surface area contributed by atoms with Crippen LogP contribution < -0.4 is 0 Å². The van der Waals surface area contributed by atoms with Crippen LogP contribution in [0.25, 0.3) is 0 Å². The fraction of sp³-hybridized carbons (Fsp3) is 0.308. The van der Waals surface area contributed by atoms with E-state index in [9.17, 15) is 14.7 Å². The molecule has 0 unspecified atom stereocenters. The number of carbonyl (C=O) groups is 2. The van der Waals surface area contributed by atoms with Gasteiger partial charge in [0.25, 0.3) is 5.91 Å². The molecular formula is C13H12N2O4. The third-order valence-electron chi connectivity index (χ3n) is 3.06. The number of amides is 1. The molecule has 1 fully saturated rings. The summed E-state index contributed by atoms with van der Waals surface area (Å²) in [4.78, 5) is 24.4. The highest BCUT2D eigenvalue weighted by molar-refractivity contribution is 5.97. The average Bonchev–Trinajstić information content (AvgIpc) is 2.80. The van der Waals surface area contributed by atoms with Crippen LogP contribution in [0.5, 0.6) is 0 Å². The van der Waals surface area contributed by atoms with Crippen molar-refractivity contribution in [2.75, 3.05) is 6.54 Å². The maximum absolute atomic E-state index is 12.2. The van der Waals surface area contributed by atoms with Crippen LogP contribution >= 0.6 is 0 Å². The number of carbonyl (C=O) groups excluding carboxylic acids is 1. The second kappa shape index (κ2) is 5.08. The molecule has 2 rings (SSSR count). The Hall–Kier alpha value is -2.39. The quantitative estimate of drug-likeness (QED) is 0.791. The number of carboxylic acids is 1. The molecule has 0 spiro atoms. The summed E-state index contributed by atoms with van der Waals surface area (Å²) in [6, 6.07) is 6.95. The van der Waals surface area contributed by atoms with Crippen molar-refractivity contribution in [2.24, 2.45) is 0 Å². The van der Waals surface area contributed by atoms with E-state index in [1.165, 1.54) is 12.1 Å². The van der Waals surface area contributed by atoms with Gasteiger partial charge in [0.1, 0.15) is 6.04 Å². The Morgan fingerprint density at radius 3 is 2.79 bits per heavy atom. The summed E-state index contributed by atoms with van der Waals surface area (Å²) in [5.41, 5.74) is 0.580. The van der Waals surface area contributed by atoms with Gasteiger partial charge < -0.3 is 15.1 Å². The number of likely N-dealkylation sites (tertiary alicyclic amines) is 1. The zero-order valence-electron chi connectivity index (χ0n) is 9.98. The van der Waals surface area contributed by atoms with Gasteiger partial charge in [-0.2, -0.15) is 5.26 Å². The highest BCUT2D eigenvalue weighted by Gasteiger charge is 2.39. The van der Waals surface area contributed by atoms with Crippen molar-refractivity contribution >= 4 is 11.9 Å². The highest BCUT2D eigenvalue weighted by Crippen LogP contribution is 2.21. The Labute approximate surface area is 109 Å². The summed E-state index contributed by atoms with van der Waals surface area (Å²) in [6.45, 7) is -0.00736. The molecule has 0 bridgehead atoms. The number of aliphatic hydroxyl groups is 1. The molecule has 1 aliphatic rings. The molecule has 2 atom stereocenters. The largest absolute Gasteiger partial charge is 0.480 e. The van der Waals surface area contributed by atoms with E-state index in [4.69, 9.17) is 10.4 Å². The maximum Gasteiger partial charge on any atom is 0.326 e. The molecule has 0 aliphatic carbocycles. The minimum absolute atomic E-state index is 0.00736. The van der Waals surface area contributed by atoms with Crippen molar-refractivity contribution in [3.8, 4) is 6.07 Å².